The summed E-state index contributed by atoms with van der Waals surface area (Å²) in [6.07, 6.45) is 0. The highest BCUT2D eigenvalue weighted by molar-refractivity contribution is 8.18. The summed E-state index contributed by atoms with van der Waals surface area (Å²) in [5, 5.41) is 0. The summed E-state index contributed by atoms with van der Waals surface area (Å²) in [4.78, 5) is 2.73. The third-order valence-electron chi connectivity index (χ3n) is 4.53. The maximum Gasteiger partial charge on any atom is 0.0649 e. The van der Waals surface area contributed by atoms with Crippen molar-refractivity contribution >= 4 is 23.5 Å². The first-order chi connectivity index (χ1) is 10.6. The lowest BCUT2D eigenvalue weighted by Crippen LogP contribution is -2.08. The second-order valence-corrected chi connectivity index (χ2v) is 10.6. The highest BCUT2D eigenvalue weighted by Gasteiger charge is 2.22. The van der Waals surface area contributed by atoms with E-state index in [2.05, 4.69) is 79.7 Å². The molecular formula is C21H28S2. The number of benzene rings is 2. The molecule has 0 spiro atoms. The SMILES string of the molecule is Cc1cc(SC(C)(C)Sc2cc(C)c(C)c(C)c2)cc(C)c1C. The Morgan fingerprint density at radius 1 is 0.565 bits per heavy atom. The first-order valence-corrected chi connectivity index (χ1v) is 9.76. The van der Waals surface area contributed by atoms with Gasteiger partial charge in [-0.05, 0) is 113 Å². The fourth-order valence-electron chi connectivity index (χ4n) is 2.70. The van der Waals surface area contributed by atoms with Crippen molar-refractivity contribution in [2.75, 3.05) is 0 Å². The molecule has 0 atom stereocenters. The van der Waals surface area contributed by atoms with Crippen molar-refractivity contribution in [2.45, 2.75) is 69.3 Å². The van der Waals surface area contributed by atoms with Crippen LogP contribution in [0.25, 0.3) is 0 Å². The molecule has 0 radical (unpaired) electrons. The molecule has 0 N–H and O–H groups in total. The molecule has 124 valence electrons. The zero-order valence-corrected chi connectivity index (χ0v) is 17.3. The Morgan fingerprint density at radius 3 is 1.09 bits per heavy atom. The predicted molar refractivity (Wildman–Crippen MR) is 107 cm³/mol. The standard InChI is InChI=1S/C21H28S2/c1-13-9-19(10-14(2)17(13)5)22-21(7,8)23-20-11-15(3)18(6)16(4)12-20/h9-12H,1-8H3. The van der Waals surface area contributed by atoms with E-state index in [0.29, 0.717) is 0 Å². The Kier molecular flexibility index (Phi) is 5.58. The van der Waals surface area contributed by atoms with Gasteiger partial charge in [0.2, 0.25) is 0 Å². The quantitative estimate of drug-likeness (QED) is 0.426. The molecule has 0 aliphatic rings. The largest absolute Gasteiger partial charge is 0.109 e. The van der Waals surface area contributed by atoms with Gasteiger partial charge in [-0.1, -0.05) is 0 Å². The Morgan fingerprint density at radius 2 is 0.826 bits per heavy atom. The van der Waals surface area contributed by atoms with Crippen molar-refractivity contribution in [1.29, 1.82) is 0 Å². The van der Waals surface area contributed by atoms with Gasteiger partial charge in [-0.15, -0.1) is 23.5 Å². The van der Waals surface area contributed by atoms with Gasteiger partial charge in [0, 0.05) is 9.79 Å². The van der Waals surface area contributed by atoms with Crippen molar-refractivity contribution < 1.29 is 0 Å². The van der Waals surface area contributed by atoms with Crippen LogP contribution in [0.1, 0.15) is 47.2 Å². The van der Waals surface area contributed by atoms with Crippen molar-refractivity contribution in [3.63, 3.8) is 0 Å². The molecule has 0 amide bonds. The van der Waals surface area contributed by atoms with E-state index < -0.39 is 0 Å². The summed E-state index contributed by atoms with van der Waals surface area (Å²) in [5.74, 6) is 0. The second kappa shape index (κ2) is 6.94. The molecular weight excluding hydrogens is 316 g/mol. The Hall–Kier alpha value is -0.860. The van der Waals surface area contributed by atoms with E-state index in [1.54, 1.807) is 0 Å². The van der Waals surface area contributed by atoms with Gasteiger partial charge in [-0.2, -0.15) is 0 Å². The average molecular weight is 345 g/mol. The average Bonchev–Trinajstić information content (AvgIpc) is 2.41. The van der Waals surface area contributed by atoms with E-state index in [4.69, 9.17) is 0 Å². The maximum atomic E-state index is 2.32. The number of hydrogen-bond donors (Lipinski definition) is 0. The molecule has 0 bridgehead atoms. The van der Waals surface area contributed by atoms with Gasteiger partial charge in [0.25, 0.3) is 0 Å². The van der Waals surface area contributed by atoms with E-state index in [1.807, 2.05) is 23.5 Å². The number of hydrogen-bond acceptors (Lipinski definition) is 2. The van der Waals surface area contributed by atoms with Crippen LogP contribution in [0.4, 0.5) is 0 Å². The minimum atomic E-state index is 0.0995. The second-order valence-electron chi connectivity index (χ2n) is 6.97. The molecule has 0 fully saturated rings. The number of aryl methyl sites for hydroxylation is 4. The lowest BCUT2D eigenvalue weighted by Gasteiger charge is -2.25. The monoisotopic (exact) mass is 344 g/mol. The van der Waals surface area contributed by atoms with Gasteiger partial charge in [0.05, 0.1) is 4.08 Å². The van der Waals surface area contributed by atoms with Crippen LogP contribution >= 0.6 is 23.5 Å². The lowest BCUT2D eigenvalue weighted by atomic mass is 10.1. The van der Waals surface area contributed by atoms with Crippen LogP contribution in [-0.2, 0) is 0 Å². The first-order valence-electron chi connectivity index (χ1n) is 8.13. The molecule has 0 aliphatic carbocycles. The highest BCUT2D eigenvalue weighted by Crippen LogP contribution is 2.46. The summed E-state index contributed by atoms with van der Waals surface area (Å²) < 4.78 is 0.0995. The Balaban J connectivity index is 2.22. The fourth-order valence-corrected chi connectivity index (χ4v) is 5.52. The minimum absolute atomic E-state index is 0.0995. The van der Waals surface area contributed by atoms with Crippen molar-refractivity contribution in [2.24, 2.45) is 0 Å². The molecule has 2 aromatic carbocycles. The molecule has 0 saturated carbocycles. The Bertz CT molecular complexity index is 619. The molecule has 0 nitrogen and oxygen atoms in total. The van der Waals surface area contributed by atoms with E-state index in [1.165, 1.54) is 43.2 Å². The summed E-state index contributed by atoms with van der Waals surface area (Å²) in [6, 6.07) is 9.28. The maximum absolute atomic E-state index is 2.32. The minimum Gasteiger partial charge on any atom is -0.109 e. The van der Waals surface area contributed by atoms with Gasteiger partial charge in [-0.25, -0.2) is 0 Å². The van der Waals surface area contributed by atoms with Crippen LogP contribution in [-0.4, -0.2) is 4.08 Å². The molecule has 0 aliphatic heterocycles. The number of thioether (sulfide) groups is 2. The summed E-state index contributed by atoms with van der Waals surface area (Å²) in [5.41, 5.74) is 8.35. The van der Waals surface area contributed by atoms with Crippen LogP contribution < -0.4 is 0 Å². The van der Waals surface area contributed by atoms with Crippen LogP contribution in [0.3, 0.4) is 0 Å². The smallest absolute Gasteiger partial charge is 0.0649 e. The van der Waals surface area contributed by atoms with Crippen LogP contribution in [0.2, 0.25) is 0 Å². The lowest BCUT2D eigenvalue weighted by molar-refractivity contribution is 1.02. The van der Waals surface area contributed by atoms with E-state index in [0.717, 1.165) is 0 Å². The van der Waals surface area contributed by atoms with Gasteiger partial charge < -0.3 is 0 Å². The van der Waals surface area contributed by atoms with E-state index >= 15 is 0 Å². The molecule has 23 heavy (non-hydrogen) atoms. The molecule has 2 aromatic rings. The van der Waals surface area contributed by atoms with Gasteiger partial charge in [0.15, 0.2) is 0 Å². The molecule has 0 saturated heterocycles. The van der Waals surface area contributed by atoms with Crippen LogP contribution in [0.15, 0.2) is 34.1 Å². The third-order valence-corrected chi connectivity index (χ3v) is 6.95. The fraction of sp³-hybridized carbons (Fsp3) is 0.429. The normalized spacial score (nSPS) is 11.8. The van der Waals surface area contributed by atoms with Crippen LogP contribution in [0.5, 0.6) is 0 Å². The molecule has 2 rings (SSSR count). The highest BCUT2D eigenvalue weighted by atomic mass is 32.2. The van der Waals surface area contributed by atoms with E-state index in [9.17, 15) is 0 Å². The third kappa shape index (κ3) is 4.58. The van der Waals surface area contributed by atoms with Crippen LogP contribution in [0, 0.1) is 41.5 Å². The van der Waals surface area contributed by atoms with E-state index in [-0.39, 0.29) is 4.08 Å². The van der Waals surface area contributed by atoms with Crippen molar-refractivity contribution in [3.8, 4) is 0 Å². The zero-order chi connectivity index (χ0) is 17.4. The zero-order valence-electron chi connectivity index (χ0n) is 15.6. The molecule has 2 heteroatoms. The first kappa shape index (κ1) is 18.5. The molecule has 0 unspecified atom stereocenters. The van der Waals surface area contributed by atoms with Gasteiger partial charge in [0.1, 0.15) is 0 Å². The molecule has 0 aromatic heterocycles. The summed E-state index contributed by atoms with van der Waals surface area (Å²) >= 11 is 3.91. The summed E-state index contributed by atoms with van der Waals surface area (Å²) in [6.45, 7) is 17.9. The predicted octanol–water partition coefficient (Wildman–Crippen LogP) is 7.16. The topological polar surface area (TPSA) is 0 Å². The van der Waals surface area contributed by atoms with Crippen molar-refractivity contribution in [3.05, 3.63) is 57.6 Å². The van der Waals surface area contributed by atoms with Gasteiger partial charge >= 0.3 is 0 Å². The Labute approximate surface area is 150 Å². The summed E-state index contributed by atoms with van der Waals surface area (Å²) in [7, 11) is 0. The van der Waals surface area contributed by atoms with Crippen molar-refractivity contribution in [1.82, 2.24) is 0 Å². The molecule has 0 heterocycles. The number of rotatable bonds is 4. The van der Waals surface area contributed by atoms with Gasteiger partial charge in [-0.3, -0.25) is 0 Å².